The highest BCUT2D eigenvalue weighted by Gasteiger charge is 2.37. The molecule has 128 valence electrons. The van der Waals surface area contributed by atoms with Crippen LogP contribution in [0.25, 0.3) is 0 Å². The standard InChI is InChI=1S/C16H11F6NO/c1-9-6-7-10(12(8-9)16(20,21)22)14(24)23-13-5-3-2-4-11(13)15(17,18)19/h2-8H,1H3,(H,23,24). The van der Waals surface area contributed by atoms with Crippen molar-refractivity contribution in [3.8, 4) is 0 Å². The number of carbonyl (C=O) groups is 1. The van der Waals surface area contributed by atoms with Gasteiger partial charge in [-0.25, -0.2) is 0 Å². The normalized spacial score (nSPS) is 12.1. The monoisotopic (exact) mass is 347 g/mol. The fourth-order valence-corrected chi connectivity index (χ4v) is 2.12. The van der Waals surface area contributed by atoms with Crippen LogP contribution in [0.5, 0.6) is 0 Å². The number of anilines is 1. The largest absolute Gasteiger partial charge is 0.418 e. The highest BCUT2D eigenvalue weighted by molar-refractivity contribution is 6.05. The lowest BCUT2D eigenvalue weighted by Gasteiger charge is -2.16. The summed E-state index contributed by atoms with van der Waals surface area (Å²) in [4.78, 5) is 12.1. The minimum atomic E-state index is -4.80. The Balaban J connectivity index is 2.43. The summed E-state index contributed by atoms with van der Waals surface area (Å²) in [7, 11) is 0. The van der Waals surface area contributed by atoms with E-state index in [0.717, 1.165) is 30.3 Å². The highest BCUT2D eigenvalue weighted by atomic mass is 19.4. The van der Waals surface area contributed by atoms with Crippen LogP contribution in [0.2, 0.25) is 0 Å². The number of hydrogen-bond acceptors (Lipinski definition) is 1. The number of rotatable bonds is 2. The molecule has 0 radical (unpaired) electrons. The van der Waals surface area contributed by atoms with Gasteiger partial charge in [0.05, 0.1) is 22.4 Å². The van der Waals surface area contributed by atoms with Gasteiger partial charge in [-0.2, -0.15) is 26.3 Å². The van der Waals surface area contributed by atoms with E-state index in [1.54, 1.807) is 0 Å². The first-order valence-corrected chi connectivity index (χ1v) is 6.65. The molecule has 1 N–H and O–H groups in total. The zero-order valence-electron chi connectivity index (χ0n) is 12.2. The zero-order valence-corrected chi connectivity index (χ0v) is 12.2. The number of aryl methyl sites for hydroxylation is 1. The van der Waals surface area contributed by atoms with Crippen molar-refractivity contribution in [1.29, 1.82) is 0 Å². The van der Waals surface area contributed by atoms with Crippen molar-refractivity contribution in [1.82, 2.24) is 0 Å². The molecule has 0 atom stereocenters. The molecule has 0 aromatic heterocycles. The van der Waals surface area contributed by atoms with Crippen LogP contribution in [0.4, 0.5) is 32.0 Å². The molecule has 0 aliphatic heterocycles. The van der Waals surface area contributed by atoms with E-state index in [4.69, 9.17) is 0 Å². The van der Waals surface area contributed by atoms with Gasteiger partial charge in [-0.15, -0.1) is 0 Å². The molecule has 8 heteroatoms. The molecule has 0 bridgehead atoms. The average Bonchev–Trinajstić information content (AvgIpc) is 2.45. The van der Waals surface area contributed by atoms with Crippen molar-refractivity contribution in [3.63, 3.8) is 0 Å². The molecule has 0 fully saturated rings. The van der Waals surface area contributed by atoms with E-state index in [1.807, 2.05) is 5.32 Å². The van der Waals surface area contributed by atoms with Crippen LogP contribution in [0.3, 0.4) is 0 Å². The first-order chi connectivity index (χ1) is 11.0. The molecule has 0 saturated heterocycles. The molecule has 2 aromatic carbocycles. The third-order valence-electron chi connectivity index (χ3n) is 3.21. The predicted octanol–water partition coefficient (Wildman–Crippen LogP) is 5.28. The van der Waals surface area contributed by atoms with Gasteiger partial charge in [0.2, 0.25) is 0 Å². The van der Waals surface area contributed by atoms with Gasteiger partial charge in [-0.1, -0.05) is 23.8 Å². The van der Waals surface area contributed by atoms with Gasteiger partial charge < -0.3 is 5.32 Å². The van der Waals surface area contributed by atoms with Crippen LogP contribution >= 0.6 is 0 Å². The van der Waals surface area contributed by atoms with Crippen LogP contribution in [-0.4, -0.2) is 5.91 Å². The molecule has 24 heavy (non-hydrogen) atoms. The predicted molar refractivity (Wildman–Crippen MR) is 75.6 cm³/mol. The topological polar surface area (TPSA) is 29.1 Å². The summed E-state index contributed by atoms with van der Waals surface area (Å²) in [6.45, 7) is 1.41. The Labute approximate surface area is 133 Å². The smallest absolute Gasteiger partial charge is 0.321 e. The fraction of sp³-hybridized carbons (Fsp3) is 0.188. The number of carbonyl (C=O) groups excluding carboxylic acids is 1. The van der Waals surface area contributed by atoms with Crippen LogP contribution in [-0.2, 0) is 12.4 Å². The van der Waals surface area contributed by atoms with Crippen molar-refractivity contribution in [3.05, 3.63) is 64.7 Å². The highest BCUT2D eigenvalue weighted by Crippen LogP contribution is 2.36. The summed E-state index contributed by atoms with van der Waals surface area (Å²) < 4.78 is 77.8. The summed E-state index contributed by atoms with van der Waals surface area (Å²) in [6.07, 6.45) is -9.55. The molecule has 0 aliphatic rings. The Bertz CT molecular complexity index is 764. The third kappa shape index (κ3) is 3.87. The maximum Gasteiger partial charge on any atom is 0.418 e. The van der Waals surface area contributed by atoms with Gasteiger partial charge in [0.25, 0.3) is 5.91 Å². The van der Waals surface area contributed by atoms with Crippen LogP contribution in [0, 0.1) is 6.92 Å². The van der Waals surface area contributed by atoms with Crippen LogP contribution < -0.4 is 5.32 Å². The number of alkyl halides is 6. The molecular weight excluding hydrogens is 336 g/mol. The maximum absolute atomic E-state index is 13.0. The minimum Gasteiger partial charge on any atom is -0.321 e. The summed E-state index contributed by atoms with van der Waals surface area (Å²) >= 11 is 0. The number of benzene rings is 2. The summed E-state index contributed by atoms with van der Waals surface area (Å²) in [6, 6.07) is 7.04. The van der Waals surface area contributed by atoms with Gasteiger partial charge in [-0.3, -0.25) is 4.79 Å². The Morgan fingerprint density at radius 1 is 0.875 bits per heavy atom. The van der Waals surface area contributed by atoms with Crippen molar-refractivity contribution in [2.75, 3.05) is 5.32 Å². The van der Waals surface area contributed by atoms with Crippen molar-refractivity contribution >= 4 is 11.6 Å². The first-order valence-electron chi connectivity index (χ1n) is 6.65. The van der Waals surface area contributed by atoms with Crippen LogP contribution in [0.15, 0.2) is 42.5 Å². The summed E-state index contributed by atoms with van der Waals surface area (Å²) in [5, 5.41) is 1.91. The van der Waals surface area contributed by atoms with E-state index in [1.165, 1.54) is 19.1 Å². The first kappa shape index (κ1) is 17.8. The van der Waals surface area contributed by atoms with E-state index in [2.05, 4.69) is 0 Å². The lowest BCUT2D eigenvalue weighted by Crippen LogP contribution is -2.20. The Hall–Kier alpha value is -2.51. The lowest BCUT2D eigenvalue weighted by atomic mass is 10.0. The number of para-hydroxylation sites is 1. The molecule has 0 aliphatic carbocycles. The molecule has 2 nitrogen and oxygen atoms in total. The van der Waals surface area contributed by atoms with Crippen LogP contribution in [0.1, 0.15) is 27.0 Å². The Kier molecular flexibility index (Phi) is 4.59. The molecular formula is C16H11F6NO. The van der Waals surface area contributed by atoms with E-state index >= 15 is 0 Å². The van der Waals surface area contributed by atoms with Crippen molar-refractivity contribution in [2.24, 2.45) is 0 Å². The van der Waals surface area contributed by atoms with E-state index in [9.17, 15) is 31.1 Å². The summed E-state index contributed by atoms with van der Waals surface area (Å²) in [5.74, 6) is -1.26. The van der Waals surface area contributed by atoms with Crippen molar-refractivity contribution in [2.45, 2.75) is 19.3 Å². The van der Waals surface area contributed by atoms with E-state index in [-0.39, 0.29) is 5.56 Å². The fourth-order valence-electron chi connectivity index (χ4n) is 2.12. The van der Waals surface area contributed by atoms with E-state index in [0.29, 0.717) is 0 Å². The minimum absolute atomic E-state index is 0.273. The number of hydrogen-bond donors (Lipinski definition) is 1. The number of nitrogens with one attached hydrogen (secondary N) is 1. The SMILES string of the molecule is Cc1ccc(C(=O)Nc2ccccc2C(F)(F)F)c(C(F)(F)F)c1. The Morgan fingerprint density at radius 2 is 1.46 bits per heavy atom. The molecule has 2 rings (SSSR count). The van der Waals surface area contributed by atoms with Crippen molar-refractivity contribution < 1.29 is 31.1 Å². The van der Waals surface area contributed by atoms with Gasteiger partial charge in [0.15, 0.2) is 0 Å². The molecule has 0 unspecified atom stereocenters. The maximum atomic E-state index is 13.0. The number of halogens is 6. The zero-order chi connectivity index (χ0) is 18.1. The molecule has 0 heterocycles. The van der Waals surface area contributed by atoms with Gasteiger partial charge in [0, 0.05) is 0 Å². The summed E-state index contributed by atoms with van der Waals surface area (Å²) in [5.41, 5.74) is -3.42. The Morgan fingerprint density at radius 3 is 2.04 bits per heavy atom. The quantitative estimate of drug-likeness (QED) is 0.736. The van der Waals surface area contributed by atoms with Gasteiger partial charge in [-0.05, 0) is 31.2 Å². The van der Waals surface area contributed by atoms with Gasteiger partial charge in [0.1, 0.15) is 0 Å². The second-order valence-electron chi connectivity index (χ2n) is 5.04. The van der Waals surface area contributed by atoms with Gasteiger partial charge >= 0.3 is 12.4 Å². The molecule has 1 amide bonds. The lowest BCUT2D eigenvalue weighted by molar-refractivity contribution is -0.138. The number of amides is 1. The second-order valence-corrected chi connectivity index (χ2v) is 5.04. The third-order valence-corrected chi connectivity index (χ3v) is 3.21. The molecule has 2 aromatic rings. The second kappa shape index (κ2) is 6.18. The van der Waals surface area contributed by atoms with E-state index < -0.39 is 40.6 Å². The average molecular weight is 347 g/mol. The molecule has 0 saturated carbocycles. The molecule has 0 spiro atoms.